The van der Waals surface area contributed by atoms with E-state index in [9.17, 15) is 9.90 Å². The lowest BCUT2D eigenvalue weighted by Gasteiger charge is -2.24. The van der Waals surface area contributed by atoms with Crippen LogP contribution in [-0.4, -0.2) is 22.3 Å². The van der Waals surface area contributed by atoms with Crippen molar-refractivity contribution in [3.8, 4) is 0 Å². The van der Waals surface area contributed by atoms with Crippen molar-refractivity contribution in [2.75, 3.05) is 0 Å². The Hall–Kier alpha value is -1.36. The van der Waals surface area contributed by atoms with E-state index in [0.29, 0.717) is 6.54 Å². The fourth-order valence-corrected chi connectivity index (χ4v) is 2.41. The van der Waals surface area contributed by atoms with Crippen LogP contribution in [0.15, 0.2) is 4.52 Å². The largest absolute Gasteiger partial charge is 0.393 e. The third-order valence-electron chi connectivity index (χ3n) is 3.69. The molecule has 100 valence electrons. The van der Waals surface area contributed by atoms with Crippen LogP contribution in [0.2, 0.25) is 0 Å². The number of aryl methyl sites for hydroxylation is 2. The second kappa shape index (κ2) is 5.52. The summed E-state index contributed by atoms with van der Waals surface area (Å²) in [4.78, 5) is 12.0. The number of aromatic nitrogens is 1. The molecule has 18 heavy (non-hydrogen) atoms. The van der Waals surface area contributed by atoms with E-state index in [-0.39, 0.29) is 17.9 Å². The van der Waals surface area contributed by atoms with E-state index >= 15 is 0 Å². The summed E-state index contributed by atoms with van der Waals surface area (Å²) in [6.45, 7) is 4.19. The van der Waals surface area contributed by atoms with Crippen molar-refractivity contribution >= 4 is 5.91 Å². The highest BCUT2D eigenvalue weighted by Crippen LogP contribution is 2.24. The number of aliphatic hydroxyl groups excluding tert-OH is 1. The maximum Gasteiger partial charge on any atom is 0.223 e. The van der Waals surface area contributed by atoms with Crippen LogP contribution >= 0.6 is 0 Å². The molecule has 0 aliphatic heterocycles. The van der Waals surface area contributed by atoms with Gasteiger partial charge in [-0.05, 0) is 39.5 Å². The van der Waals surface area contributed by atoms with Crippen molar-refractivity contribution in [1.29, 1.82) is 0 Å². The molecule has 1 amide bonds. The van der Waals surface area contributed by atoms with Crippen molar-refractivity contribution in [1.82, 2.24) is 10.5 Å². The first-order valence-electron chi connectivity index (χ1n) is 6.45. The molecule has 0 bridgehead atoms. The van der Waals surface area contributed by atoms with Crippen LogP contribution < -0.4 is 5.32 Å². The summed E-state index contributed by atoms with van der Waals surface area (Å²) in [5.74, 6) is 0.864. The van der Waals surface area contributed by atoms with E-state index < -0.39 is 0 Å². The molecule has 1 aromatic rings. The summed E-state index contributed by atoms with van der Waals surface area (Å²) in [6, 6.07) is 0. The molecule has 0 saturated heterocycles. The molecule has 1 saturated carbocycles. The zero-order valence-corrected chi connectivity index (χ0v) is 10.9. The van der Waals surface area contributed by atoms with Crippen molar-refractivity contribution in [2.45, 2.75) is 52.2 Å². The monoisotopic (exact) mass is 252 g/mol. The van der Waals surface area contributed by atoms with E-state index in [1.807, 2.05) is 13.8 Å². The molecule has 5 heteroatoms. The topological polar surface area (TPSA) is 75.4 Å². The zero-order chi connectivity index (χ0) is 13.1. The quantitative estimate of drug-likeness (QED) is 0.854. The molecule has 2 rings (SSSR count). The Balaban J connectivity index is 1.85. The fraction of sp³-hybridized carbons (Fsp3) is 0.692. The van der Waals surface area contributed by atoms with Gasteiger partial charge >= 0.3 is 0 Å². The summed E-state index contributed by atoms with van der Waals surface area (Å²) in [7, 11) is 0. The van der Waals surface area contributed by atoms with E-state index in [0.717, 1.165) is 42.7 Å². The van der Waals surface area contributed by atoms with Gasteiger partial charge in [0.2, 0.25) is 5.91 Å². The first-order valence-corrected chi connectivity index (χ1v) is 6.45. The number of hydrogen-bond acceptors (Lipinski definition) is 4. The minimum absolute atomic E-state index is 0.0360. The highest BCUT2D eigenvalue weighted by atomic mass is 16.5. The number of hydrogen-bond donors (Lipinski definition) is 2. The molecule has 0 aromatic carbocycles. The molecule has 1 aliphatic rings. The number of nitrogens with one attached hydrogen (secondary N) is 1. The van der Waals surface area contributed by atoms with Gasteiger partial charge in [-0.2, -0.15) is 0 Å². The smallest absolute Gasteiger partial charge is 0.223 e. The Morgan fingerprint density at radius 1 is 1.39 bits per heavy atom. The fourth-order valence-electron chi connectivity index (χ4n) is 2.41. The minimum atomic E-state index is -0.225. The second-order valence-corrected chi connectivity index (χ2v) is 5.03. The SMILES string of the molecule is Cc1noc(C)c1CNC(=O)C1CCC(O)CC1. The predicted molar refractivity (Wildman–Crippen MR) is 65.8 cm³/mol. The Bertz CT molecular complexity index is 400. The summed E-state index contributed by atoms with van der Waals surface area (Å²) in [5.41, 5.74) is 1.78. The highest BCUT2D eigenvalue weighted by molar-refractivity contribution is 5.78. The third kappa shape index (κ3) is 2.90. The molecule has 0 unspecified atom stereocenters. The zero-order valence-electron chi connectivity index (χ0n) is 10.9. The molecule has 1 aliphatic carbocycles. The van der Waals surface area contributed by atoms with Gasteiger partial charge in [0.25, 0.3) is 0 Å². The first-order chi connectivity index (χ1) is 8.58. The molecule has 2 N–H and O–H groups in total. The van der Waals surface area contributed by atoms with Gasteiger partial charge in [0.05, 0.1) is 11.8 Å². The minimum Gasteiger partial charge on any atom is -0.393 e. The van der Waals surface area contributed by atoms with E-state index in [1.54, 1.807) is 0 Å². The average Bonchev–Trinajstić information content (AvgIpc) is 2.67. The van der Waals surface area contributed by atoms with Crippen LogP contribution in [0.1, 0.15) is 42.7 Å². The molecule has 1 aromatic heterocycles. The number of amides is 1. The Morgan fingerprint density at radius 3 is 2.61 bits per heavy atom. The van der Waals surface area contributed by atoms with Crippen molar-refractivity contribution in [3.05, 3.63) is 17.0 Å². The number of carbonyl (C=O) groups is 1. The third-order valence-corrected chi connectivity index (χ3v) is 3.69. The van der Waals surface area contributed by atoms with Gasteiger partial charge in [-0.15, -0.1) is 0 Å². The van der Waals surface area contributed by atoms with Crippen LogP contribution in [0.3, 0.4) is 0 Å². The van der Waals surface area contributed by atoms with Gasteiger partial charge in [-0.25, -0.2) is 0 Å². The normalized spacial score (nSPS) is 23.9. The standard InChI is InChI=1S/C13H20N2O3/c1-8-12(9(2)18-15-8)7-14-13(17)10-3-5-11(16)6-4-10/h10-11,16H,3-7H2,1-2H3,(H,14,17). The van der Waals surface area contributed by atoms with E-state index in [2.05, 4.69) is 10.5 Å². The predicted octanol–water partition coefficient (Wildman–Crippen LogP) is 1.46. The van der Waals surface area contributed by atoms with E-state index in [4.69, 9.17) is 4.52 Å². The Kier molecular flexibility index (Phi) is 4.01. The first kappa shape index (κ1) is 13.1. The van der Waals surface area contributed by atoms with Crippen LogP contribution in [0.5, 0.6) is 0 Å². The van der Waals surface area contributed by atoms with Crippen LogP contribution in [-0.2, 0) is 11.3 Å². The van der Waals surface area contributed by atoms with Crippen LogP contribution in [0.25, 0.3) is 0 Å². The number of rotatable bonds is 3. The number of nitrogens with zero attached hydrogens (tertiary/aromatic N) is 1. The molecule has 1 heterocycles. The summed E-state index contributed by atoms with van der Waals surface area (Å²) in [6.07, 6.45) is 2.77. The molecular weight excluding hydrogens is 232 g/mol. The average molecular weight is 252 g/mol. The lowest BCUT2D eigenvalue weighted by molar-refractivity contribution is -0.126. The van der Waals surface area contributed by atoms with Gasteiger partial charge in [0.15, 0.2) is 0 Å². The maximum absolute atomic E-state index is 12.0. The van der Waals surface area contributed by atoms with E-state index in [1.165, 1.54) is 0 Å². The highest BCUT2D eigenvalue weighted by Gasteiger charge is 2.25. The van der Waals surface area contributed by atoms with Crippen molar-refractivity contribution in [3.63, 3.8) is 0 Å². The van der Waals surface area contributed by atoms with Gasteiger partial charge in [-0.1, -0.05) is 5.16 Å². The van der Waals surface area contributed by atoms with Crippen LogP contribution in [0.4, 0.5) is 0 Å². The summed E-state index contributed by atoms with van der Waals surface area (Å²) >= 11 is 0. The van der Waals surface area contributed by atoms with Gasteiger partial charge in [0.1, 0.15) is 5.76 Å². The lowest BCUT2D eigenvalue weighted by Crippen LogP contribution is -2.33. The lowest BCUT2D eigenvalue weighted by atomic mass is 9.87. The molecule has 5 nitrogen and oxygen atoms in total. The van der Waals surface area contributed by atoms with Gasteiger partial charge in [-0.3, -0.25) is 4.79 Å². The maximum atomic E-state index is 12.0. The second-order valence-electron chi connectivity index (χ2n) is 5.03. The molecule has 0 spiro atoms. The Morgan fingerprint density at radius 2 is 2.06 bits per heavy atom. The number of carbonyl (C=O) groups excluding carboxylic acids is 1. The number of aliphatic hydroxyl groups is 1. The summed E-state index contributed by atoms with van der Waals surface area (Å²) < 4.78 is 5.05. The van der Waals surface area contributed by atoms with Crippen molar-refractivity contribution in [2.24, 2.45) is 5.92 Å². The van der Waals surface area contributed by atoms with Crippen molar-refractivity contribution < 1.29 is 14.4 Å². The summed E-state index contributed by atoms with van der Waals surface area (Å²) in [5, 5.41) is 16.2. The molecular formula is C13H20N2O3. The molecule has 0 radical (unpaired) electrons. The molecule has 0 atom stereocenters. The van der Waals surface area contributed by atoms with Gasteiger partial charge < -0.3 is 14.9 Å². The van der Waals surface area contributed by atoms with Gasteiger partial charge in [0, 0.05) is 18.0 Å². The van der Waals surface area contributed by atoms with Crippen LogP contribution in [0, 0.1) is 19.8 Å². The molecule has 1 fully saturated rings. The Labute approximate surface area is 107 Å².